The number of hydrogen-bond acceptors (Lipinski definition) is 4. The van der Waals surface area contributed by atoms with Crippen LogP contribution in [-0.2, 0) is 4.74 Å². The largest absolute Gasteiger partial charge is 0.504 e. The van der Waals surface area contributed by atoms with Gasteiger partial charge in [0.2, 0.25) is 0 Å². The van der Waals surface area contributed by atoms with Crippen LogP contribution in [0.5, 0.6) is 11.5 Å². The van der Waals surface area contributed by atoms with E-state index in [1.807, 2.05) is 0 Å². The van der Waals surface area contributed by atoms with Crippen molar-refractivity contribution in [2.45, 2.75) is 0 Å². The van der Waals surface area contributed by atoms with Crippen LogP contribution in [0, 0.1) is 0 Å². The first kappa shape index (κ1) is 7.17. The maximum atomic E-state index is 11.3. The van der Waals surface area contributed by atoms with E-state index in [2.05, 4.69) is 9.72 Å². The van der Waals surface area contributed by atoms with Crippen molar-refractivity contribution < 1.29 is 22.5 Å². The number of phenols is 2. The second-order valence-corrected chi connectivity index (χ2v) is 2.91. The van der Waals surface area contributed by atoms with Crippen molar-refractivity contribution in [3.63, 3.8) is 0 Å². The number of H-pyrrole nitrogens is 1. The van der Waals surface area contributed by atoms with Gasteiger partial charge in [0.25, 0.3) is 0 Å². The summed E-state index contributed by atoms with van der Waals surface area (Å²) in [4.78, 5) is 13.9. The summed E-state index contributed by atoms with van der Waals surface area (Å²) in [6.07, 6.45) is 0. The SMILES string of the molecule is [2H]c1c(C(=O)OC)[nH]c2cc(O)c(O)c([2H])c12. The highest BCUT2D eigenvalue weighted by molar-refractivity contribution is 5.95. The fraction of sp³-hybridized carbons (Fsp3) is 0.100. The van der Waals surface area contributed by atoms with Crippen LogP contribution in [0.4, 0.5) is 0 Å². The van der Waals surface area contributed by atoms with Gasteiger partial charge in [-0.25, -0.2) is 4.79 Å². The van der Waals surface area contributed by atoms with E-state index >= 15 is 0 Å². The number of carbonyl (C=O) groups is 1. The first-order valence-electron chi connectivity index (χ1n) is 5.09. The molecule has 0 aliphatic carbocycles. The molecule has 0 aliphatic rings. The number of nitrogens with one attached hydrogen (secondary N) is 1. The average molecular weight is 209 g/mol. The van der Waals surface area contributed by atoms with E-state index in [1.54, 1.807) is 0 Å². The molecule has 0 aliphatic heterocycles. The van der Waals surface area contributed by atoms with Crippen molar-refractivity contribution >= 4 is 16.9 Å². The predicted molar refractivity (Wildman–Crippen MR) is 53.0 cm³/mol. The molecule has 3 N–H and O–H groups in total. The third kappa shape index (κ3) is 1.48. The van der Waals surface area contributed by atoms with E-state index in [0.29, 0.717) is 0 Å². The molecule has 1 heterocycles. The molecular weight excluding hydrogens is 198 g/mol. The molecule has 15 heavy (non-hydrogen) atoms. The summed E-state index contributed by atoms with van der Waals surface area (Å²) in [6, 6.07) is 0.497. The van der Waals surface area contributed by atoms with Crippen molar-refractivity contribution in [3.05, 3.63) is 23.8 Å². The van der Waals surface area contributed by atoms with Crippen LogP contribution in [0.3, 0.4) is 0 Å². The maximum Gasteiger partial charge on any atom is 0.354 e. The van der Waals surface area contributed by atoms with E-state index in [9.17, 15) is 15.0 Å². The molecule has 5 nitrogen and oxygen atoms in total. The van der Waals surface area contributed by atoms with Gasteiger partial charge >= 0.3 is 5.97 Å². The Morgan fingerprint density at radius 1 is 1.47 bits per heavy atom. The van der Waals surface area contributed by atoms with E-state index in [-0.39, 0.29) is 22.6 Å². The second-order valence-electron chi connectivity index (χ2n) is 2.91. The number of methoxy groups -OCH3 is 1. The van der Waals surface area contributed by atoms with Gasteiger partial charge in [-0.05, 0) is 12.1 Å². The molecule has 78 valence electrons. The zero-order valence-corrected chi connectivity index (χ0v) is 7.79. The molecule has 0 atom stereocenters. The molecule has 5 heteroatoms. The molecule has 0 saturated heterocycles. The Hall–Kier alpha value is -2.17. The number of benzene rings is 1. The first-order chi connectivity index (χ1) is 7.97. The molecule has 1 aromatic carbocycles. The van der Waals surface area contributed by atoms with Crippen LogP contribution in [0.1, 0.15) is 13.2 Å². The maximum absolute atomic E-state index is 11.3. The lowest BCUT2D eigenvalue weighted by molar-refractivity contribution is 0.0595. The average Bonchev–Trinajstić information content (AvgIpc) is 2.62. The molecule has 2 rings (SSSR count). The minimum Gasteiger partial charge on any atom is -0.504 e. The Balaban J connectivity index is 2.83. The van der Waals surface area contributed by atoms with Crippen molar-refractivity contribution in [1.82, 2.24) is 4.98 Å². The number of aromatic nitrogens is 1. The van der Waals surface area contributed by atoms with Crippen LogP contribution in [-0.4, -0.2) is 28.3 Å². The quantitative estimate of drug-likeness (QED) is 0.489. The van der Waals surface area contributed by atoms with Gasteiger partial charge in [-0.3, -0.25) is 0 Å². The van der Waals surface area contributed by atoms with E-state index < -0.39 is 23.5 Å². The van der Waals surface area contributed by atoms with Gasteiger partial charge < -0.3 is 19.9 Å². The summed E-state index contributed by atoms with van der Waals surface area (Å²) in [7, 11) is 1.17. The number of hydrogen-bond donors (Lipinski definition) is 3. The standard InChI is InChI=1S/C10H9NO4/c1-15-10(14)7-2-5-3-8(12)9(13)4-6(5)11-7/h2-4,11-13H,1H3/i2D,3D. The minimum absolute atomic E-state index is 0.0562. The highest BCUT2D eigenvalue weighted by Gasteiger charge is 2.11. The van der Waals surface area contributed by atoms with Gasteiger partial charge in [-0.1, -0.05) is 0 Å². The van der Waals surface area contributed by atoms with Crippen LogP contribution < -0.4 is 0 Å². The Bertz CT molecular complexity index is 621. The summed E-state index contributed by atoms with van der Waals surface area (Å²) in [6.45, 7) is 0. The number of aromatic hydroxyl groups is 2. The molecule has 0 amide bonds. The Morgan fingerprint density at radius 2 is 2.20 bits per heavy atom. The number of ether oxygens (including phenoxy) is 1. The third-order valence-electron chi connectivity index (χ3n) is 1.94. The lowest BCUT2D eigenvalue weighted by atomic mass is 10.2. The van der Waals surface area contributed by atoms with Gasteiger partial charge in [0, 0.05) is 11.5 Å². The zero-order chi connectivity index (χ0) is 12.7. The van der Waals surface area contributed by atoms with Crippen LogP contribution >= 0.6 is 0 Å². The number of fused-ring (bicyclic) bond motifs is 1. The van der Waals surface area contributed by atoms with Crippen molar-refractivity contribution in [2.24, 2.45) is 0 Å². The number of esters is 1. The minimum atomic E-state index is -0.746. The highest BCUT2D eigenvalue weighted by atomic mass is 16.5. The predicted octanol–water partition coefficient (Wildman–Crippen LogP) is 1.37. The molecule has 2 aromatic rings. The number of phenolic OH excluding ortho intramolecular Hbond substituents is 2. The molecule has 0 bridgehead atoms. The monoisotopic (exact) mass is 209 g/mol. The Kier molecular flexibility index (Phi) is 1.53. The summed E-state index contributed by atoms with van der Waals surface area (Å²) in [5.74, 6) is -1.86. The van der Waals surface area contributed by atoms with Crippen LogP contribution in [0.25, 0.3) is 10.9 Å². The smallest absolute Gasteiger partial charge is 0.354 e. The number of carbonyl (C=O) groups excluding carboxylic acids is 1. The molecule has 0 radical (unpaired) electrons. The molecule has 0 spiro atoms. The van der Waals surface area contributed by atoms with E-state index in [1.165, 1.54) is 7.11 Å². The second kappa shape index (κ2) is 3.20. The van der Waals surface area contributed by atoms with E-state index in [0.717, 1.165) is 6.07 Å². The lowest BCUT2D eigenvalue weighted by Crippen LogP contribution is -2.00. The lowest BCUT2D eigenvalue weighted by Gasteiger charge is -1.95. The van der Waals surface area contributed by atoms with Crippen molar-refractivity contribution in [3.8, 4) is 11.5 Å². The molecule has 1 aromatic heterocycles. The highest BCUT2D eigenvalue weighted by Crippen LogP contribution is 2.30. The fourth-order valence-corrected chi connectivity index (χ4v) is 1.22. The Morgan fingerprint density at radius 3 is 2.87 bits per heavy atom. The molecule has 0 saturated carbocycles. The summed E-state index contributed by atoms with van der Waals surface area (Å²) >= 11 is 0. The van der Waals surface area contributed by atoms with Gasteiger partial charge in [0.05, 0.1) is 15.4 Å². The fourth-order valence-electron chi connectivity index (χ4n) is 1.22. The summed E-state index contributed by atoms with van der Waals surface area (Å²) in [5.41, 5.74) is 0.0942. The van der Waals surface area contributed by atoms with Crippen molar-refractivity contribution in [1.29, 1.82) is 0 Å². The third-order valence-corrected chi connectivity index (χ3v) is 1.94. The van der Waals surface area contributed by atoms with Gasteiger partial charge in [-0.2, -0.15) is 0 Å². The summed E-state index contributed by atoms with van der Waals surface area (Å²) < 4.78 is 19.8. The van der Waals surface area contributed by atoms with Gasteiger partial charge in [0.15, 0.2) is 11.5 Å². The van der Waals surface area contributed by atoms with Gasteiger partial charge in [-0.15, -0.1) is 0 Å². The molecular formula is C10H9NO4. The number of aromatic amines is 1. The summed E-state index contributed by atoms with van der Waals surface area (Å²) in [5, 5.41) is 18.8. The van der Waals surface area contributed by atoms with Crippen molar-refractivity contribution in [2.75, 3.05) is 7.11 Å². The van der Waals surface area contributed by atoms with E-state index in [4.69, 9.17) is 2.74 Å². The normalized spacial score (nSPS) is 12.3. The first-order valence-corrected chi connectivity index (χ1v) is 4.09. The molecule has 0 fully saturated rings. The molecule has 0 unspecified atom stereocenters. The zero-order valence-electron chi connectivity index (χ0n) is 9.79. The number of rotatable bonds is 1. The Labute approximate surface area is 87.7 Å². The van der Waals surface area contributed by atoms with Crippen LogP contribution in [0.15, 0.2) is 18.2 Å². The topological polar surface area (TPSA) is 82.6 Å². The van der Waals surface area contributed by atoms with Gasteiger partial charge in [0.1, 0.15) is 5.69 Å². The van der Waals surface area contributed by atoms with Crippen LogP contribution in [0.2, 0.25) is 0 Å².